The van der Waals surface area contributed by atoms with Crippen LogP contribution in [0, 0.1) is 0 Å². The monoisotopic (exact) mass is 394 g/mol. The van der Waals surface area contributed by atoms with Gasteiger partial charge < -0.3 is 14.6 Å². The van der Waals surface area contributed by atoms with Crippen molar-refractivity contribution in [3.05, 3.63) is 30.4 Å². The highest BCUT2D eigenvalue weighted by Crippen LogP contribution is 2.66. The molecule has 0 unspecified atom stereocenters. The fourth-order valence-electron chi connectivity index (χ4n) is 5.45. The maximum Gasteiger partial charge on any atom is 0.181 e. The van der Waals surface area contributed by atoms with Crippen LogP contribution < -0.4 is 0 Å². The molecule has 1 aromatic carbocycles. The van der Waals surface area contributed by atoms with Crippen LogP contribution in [0.15, 0.2) is 24.5 Å². The standard InChI is InChI=1S/C22H30N6O/c1-20(2)22(12-21(3,13-22)29-20)19-25-18(26-28(19)10-6-9-27(4)5)15-7-8-16-17(11-15)24-14-23-16/h7-8,11,14H,6,9-10,12-13H2,1-5H3,(H,23,24). The van der Waals surface area contributed by atoms with E-state index in [1.54, 1.807) is 6.33 Å². The summed E-state index contributed by atoms with van der Waals surface area (Å²) in [6.07, 6.45) is 4.79. The van der Waals surface area contributed by atoms with Gasteiger partial charge in [-0.05, 0) is 78.9 Å². The minimum atomic E-state index is -0.237. The van der Waals surface area contributed by atoms with Crippen LogP contribution in [0.1, 0.15) is 45.9 Å². The van der Waals surface area contributed by atoms with Gasteiger partial charge in [0.05, 0.1) is 34.0 Å². The number of hydrogen-bond donors (Lipinski definition) is 1. The van der Waals surface area contributed by atoms with E-state index in [-0.39, 0.29) is 16.6 Å². The van der Waals surface area contributed by atoms with E-state index in [0.29, 0.717) is 0 Å². The number of hydrogen-bond acceptors (Lipinski definition) is 5. The molecular weight excluding hydrogens is 364 g/mol. The largest absolute Gasteiger partial charge is 0.368 e. The minimum Gasteiger partial charge on any atom is -0.368 e. The number of aromatic nitrogens is 5. The molecule has 4 heterocycles. The second-order valence-corrected chi connectivity index (χ2v) is 9.77. The average Bonchev–Trinajstić information content (AvgIpc) is 3.32. The number of fused-ring (bicyclic) bond motifs is 2. The van der Waals surface area contributed by atoms with Crippen molar-refractivity contribution >= 4 is 11.0 Å². The van der Waals surface area contributed by atoms with Crippen molar-refractivity contribution in [1.29, 1.82) is 0 Å². The van der Waals surface area contributed by atoms with Crippen LogP contribution in [-0.2, 0) is 16.7 Å². The van der Waals surface area contributed by atoms with Crippen LogP contribution in [0.25, 0.3) is 22.4 Å². The Hall–Kier alpha value is -2.25. The van der Waals surface area contributed by atoms with E-state index < -0.39 is 0 Å². The highest BCUT2D eigenvalue weighted by molar-refractivity contribution is 5.79. The maximum atomic E-state index is 6.43. The first-order chi connectivity index (χ1) is 13.7. The summed E-state index contributed by atoms with van der Waals surface area (Å²) in [5.74, 6) is 1.86. The summed E-state index contributed by atoms with van der Waals surface area (Å²) in [7, 11) is 4.22. The Balaban J connectivity index is 1.56. The lowest BCUT2D eigenvalue weighted by atomic mass is 9.56. The van der Waals surface area contributed by atoms with Crippen molar-refractivity contribution in [2.45, 2.75) is 63.2 Å². The number of nitrogens with zero attached hydrogens (tertiary/aromatic N) is 5. The Bertz CT molecular complexity index is 1060. The van der Waals surface area contributed by atoms with Crippen molar-refractivity contribution in [1.82, 2.24) is 29.6 Å². The summed E-state index contributed by atoms with van der Waals surface area (Å²) in [4.78, 5) is 14.8. The van der Waals surface area contributed by atoms with Crippen molar-refractivity contribution in [3.63, 3.8) is 0 Å². The van der Waals surface area contributed by atoms with E-state index in [0.717, 1.165) is 60.6 Å². The molecule has 3 fully saturated rings. The molecule has 3 aliphatic rings. The Morgan fingerprint density at radius 1 is 1.21 bits per heavy atom. The Kier molecular flexibility index (Phi) is 3.96. The zero-order valence-electron chi connectivity index (χ0n) is 18.0. The van der Waals surface area contributed by atoms with Gasteiger partial charge in [-0.2, -0.15) is 5.10 Å². The normalized spacial score (nSPS) is 27.7. The fraction of sp³-hybridized carbons (Fsp3) is 0.591. The summed E-state index contributed by atoms with van der Waals surface area (Å²) >= 11 is 0. The Morgan fingerprint density at radius 2 is 2.00 bits per heavy atom. The molecule has 6 rings (SSSR count). The smallest absolute Gasteiger partial charge is 0.181 e. The van der Waals surface area contributed by atoms with Crippen molar-refractivity contribution in [2.75, 3.05) is 20.6 Å². The van der Waals surface area contributed by atoms with Crippen molar-refractivity contribution in [2.24, 2.45) is 0 Å². The van der Waals surface area contributed by atoms with E-state index in [4.69, 9.17) is 14.8 Å². The number of aryl methyl sites for hydroxylation is 1. The average molecular weight is 395 g/mol. The molecule has 1 N–H and O–H groups in total. The second kappa shape index (κ2) is 6.12. The maximum absolute atomic E-state index is 6.43. The highest BCUT2D eigenvalue weighted by Gasteiger charge is 2.72. The van der Waals surface area contributed by atoms with Gasteiger partial charge in [0.15, 0.2) is 5.82 Å². The predicted octanol–water partition coefficient (Wildman–Crippen LogP) is 3.37. The van der Waals surface area contributed by atoms with Gasteiger partial charge in [-0.15, -0.1) is 0 Å². The quantitative estimate of drug-likeness (QED) is 0.694. The summed E-state index contributed by atoms with van der Waals surface area (Å²) in [6, 6.07) is 6.17. The first-order valence-corrected chi connectivity index (χ1v) is 10.5. The van der Waals surface area contributed by atoms with Crippen LogP contribution in [-0.4, -0.2) is 61.5 Å². The van der Waals surface area contributed by atoms with Crippen LogP contribution in [0.4, 0.5) is 0 Å². The highest BCUT2D eigenvalue weighted by atomic mass is 16.5. The van der Waals surface area contributed by atoms with Crippen molar-refractivity contribution in [3.8, 4) is 11.4 Å². The minimum absolute atomic E-state index is 0.0289. The van der Waals surface area contributed by atoms with E-state index in [2.05, 4.69) is 66.5 Å². The number of ether oxygens (including phenoxy) is 1. The van der Waals surface area contributed by atoms with Crippen LogP contribution in [0.5, 0.6) is 0 Å². The lowest BCUT2D eigenvalue weighted by Crippen LogP contribution is -2.51. The SMILES string of the molecule is CN(C)CCCn1nc(-c2ccc3nc[nH]c3c2)nc1C12CC(C)(C1)OC2(C)C. The van der Waals surface area contributed by atoms with Gasteiger partial charge in [-0.3, -0.25) is 0 Å². The number of benzene rings is 1. The van der Waals surface area contributed by atoms with Gasteiger partial charge in [0, 0.05) is 12.1 Å². The van der Waals surface area contributed by atoms with E-state index in [1.165, 1.54) is 0 Å². The molecule has 3 aromatic rings. The third kappa shape index (κ3) is 2.82. The van der Waals surface area contributed by atoms with Gasteiger partial charge >= 0.3 is 0 Å². The van der Waals surface area contributed by atoms with E-state index in [9.17, 15) is 0 Å². The molecule has 0 radical (unpaired) electrons. The number of imidazole rings is 1. The number of rotatable bonds is 6. The molecule has 2 bridgehead atoms. The predicted molar refractivity (Wildman–Crippen MR) is 113 cm³/mol. The van der Waals surface area contributed by atoms with Gasteiger partial charge in [-0.1, -0.05) is 0 Å². The van der Waals surface area contributed by atoms with Gasteiger partial charge in [0.2, 0.25) is 0 Å². The molecule has 0 spiro atoms. The molecule has 154 valence electrons. The van der Waals surface area contributed by atoms with Crippen LogP contribution >= 0.6 is 0 Å². The van der Waals surface area contributed by atoms with Crippen molar-refractivity contribution < 1.29 is 4.74 Å². The molecule has 7 heteroatoms. The number of H-pyrrole nitrogens is 1. The molecule has 1 aliphatic carbocycles. The first-order valence-electron chi connectivity index (χ1n) is 10.5. The van der Waals surface area contributed by atoms with Crippen LogP contribution in [0.2, 0.25) is 0 Å². The second-order valence-electron chi connectivity index (χ2n) is 9.77. The summed E-state index contributed by atoms with van der Waals surface area (Å²) in [6.45, 7) is 8.53. The molecular formula is C22H30N6O. The number of aromatic amines is 1. The Morgan fingerprint density at radius 3 is 2.69 bits per heavy atom. The van der Waals surface area contributed by atoms with Gasteiger partial charge in [0.25, 0.3) is 0 Å². The van der Waals surface area contributed by atoms with Gasteiger partial charge in [-0.25, -0.2) is 14.6 Å². The topological polar surface area (TPSA) is 71.9 Å². The molecule has 7 nitrogen and oxygen atoms in total. The third-order valence-corrected chi connectivity index (χ3v) is 6.76. The zero-order chi connectivity index (χ0) is 20.4. The van der Waals surface area contributed by atoms with Crippen LogP contribution in [0.3, 0.4) is 0 Å². The molecule has 2 saturated heterocycles. The Labute approximate surface area is 171 Å². The zero-order valence-corrected chi connectivity index (χ0v) is 18.0. The molecule has 2 aliphatic heterocycles. The van der Waals surface area contributed by atoms with E-state index in [1.807, 2.05) is 6.07 Å². The molecule has 2 aromatic heterocycles. The molecule has 0 amide bonds. The summed E-state index contributed by atoms with van der Waals surface area (Å²) in [5.41, 5.74) is 2.65. The lowest BCUT2D eigenvalue weighted by molar-refractivity contribution is -0.0425. The van der Waals surface area contributed by atoms with E-state index >= 15 is 0 Å². The molecule has 1 saturated carbocycles. The lowest BCUT2D eigenvalue weighted by Gasteiger charge is -2.44. The summed E-state index contributed by atoms with van der Waals surface area (Å²) in [5, 5.41) is 4.97. The fourth-order valence-corrected chi connectivity index (χ4v) is 5.45. The summed E-state index contributed by atoms with van der Waals surface area (Å²) < 4.78 is 8.57. The number of nitrogens with one attached hydrogen (secondary N) is 1. The first kappa shape index (κ1) is 18.8. The van der Waals surface area contributed by atoms with Gasteiger partial charge in [0.1, 0.15) is 5.82 Å². The molecule has 29 heavy (non-hydrogen) atoms. The third-order valence-electron chi connectivity index (χ3n) is 6.76. The molecule has 0 atom stereocenters.